The molecule has 0 aromatic rings. The van der Waals surface area contributed by atoms with Crippen LogP contribution in [0.2, 0.25) is 0 Å². The molecular formula is C74H140N2O21. The van der Waals surface area contributed by atoms with Gasteiger partial charge in [0.05, 0.1) is 50.7 Å². The van der Waals surface area contributed by atoms with Gasteiger partial charge in [-0.3, -0.25) is 9.59 Å². The largest absolute Gasteiger partial charge is 0.477 e. The molecule has 18 unspecified atom stereocenters. The second-order valence-electron chi connectivity index (χ2n) is 28.6. The summed E-state index contributed by atoms with van der Waals surface area (Å²) in [7, 11) is 0. The molecule has 14 N–H and O–H groups in total. The minimum absolute atomic E-state index is 0.230. The van der Waals surface area contributed by atoms with Gasteiger partial charge >= 0.3 is 5.97 Å². The molecule has 0 aliphatic carbocycles. The lowest BCUT2D eigenvalue weighted by Crippen LogP contribution is -2.70. The standard InChI is InChI=1S/C74H140N2O21/c1-4-6-8-10-12-14-16-18-20-21-22-23-24-25-26-27-28-29-30-31-32-34-36-38-40-42-44-46-48-61(84)76-55(56(81)47-45-43-41-39-37-35-33-19-17-15-13-11-9-7-5-2)53-92-71-66(88)65(87)68(60(52-79)94-71)95-72-67(89)70(64(86)59(51-78)93-72)97-74(73(90)91)49-57(82)62(75-54(3)80)69(96-74)63(85)58(83)50-77/h55-60,62-72,77-79,81-83,85-89H,4-53H2,1-3H3,(H,75,80)(H,76,84)(H,90,91). The molecular weight excluding hydrogens is 1250 g/mol. The van der Waals surface area contributed by atoms with Crippen LogP contribution in [-0.2, 0) is 42.8 Å². The van der Waals surface area contributed by atoms with Crippen LogP contribution in [0.25, 0.3) is 0 Å². The number of carbonyl (C=O) groups is 3. The normalized spacial score (nSPS) is 27.3. The minimum atomic E-state index is -3.08. The van der Waals surface area contributed by atoms with E-state index in [0.717, 1.165) is 51.9 Å². The summed E-state index contributed by atoms with van der Waals surface area (Å²) in [5.41, 5.74) is 0. The van der Waals surface area contributed by atoms with Crippen molar-refractivity contribution in [2.45, 2.75) is 426 Å². The predicted molar refractivity (Wildman–Crippen MR) is 371 cm³/mol. The van der Waals surface area contributed by atoms with Crippen molar-refractivity contribution >= 4 is 17.8 Å². The Morgan fingerprint density at radius 2 is 0.897 bits per heavy atom. The van der Waals surface area contributed by atoms with Crippen LogP contribution in [0.15, 0.2) is 0 Å². The molecule has 23 heteroatoms. The van der Waals surface area contributed by atoms with Crippen LogP contribution in [0, 0.1) is 0 Å². The molecule has 18 atom stereocenters. The number of hydrogen-bond donors (Lipinski definition) is 14. The third-order valence-corrected chi connectivity index (χ3v) is 20.1. The van der Waals surface area contributed by atoms with E-state index in [-0.39, 0.29) is 18.9 Å². The van der Waals surface area contributed by atoms with Crippen molar-refractivity contribution in [3.05, 3.63) is 0 Å². The maximum atomic E-state index is 13.5. The van der Waals surface area contributed by atoms with Crippen LogP contribution in [-0.4, -0.2) is 215 Å². The van der Waals surface area contributed by atoms with Gasteiger partial charge in [0.1, 0.15) is 67.1 Å². The third-order valence-electron chi connectivity index (χ3n) is 20.1. The summed E-state index contributed by atoms with van der Waals surface area (Å²) in [5, 5.41) is 136. The van der Waals surface area contributed by atoms with E-state index < -0.39 is 148 Å². The molecule has 0 aromatic carbocycles. The van der Waals surface area contributed by atoms with Gasteiger partial charge in [0.2, 0.25) is 11.8 Å². The van der Waals surface area contributed by atoms with Crippen LogP contribution >= 0.6 is 0 Å². The van der Waals surface area contributed by atoms with Gasteiger partial charge in [0, 0.05) is 19.8 Å². The quantitative estimate of drug-likeness (QED) is 0.0252. The Morgan fingerprint density at radius 3 is 1.29 bits per heavy atom. The van der Waals surface area contributed by atoms with Crippen LogP contribution in [0.1, 0.15) is 316 Å². The summed E-state index contributed by atoms with van der Waals surface area (Å²) in [5.74, 6) is -6.09. The lowest BCUT2D eigenvalue weighted by atomic mass is 9.88. The van der Waals surface area contributed by atoms with Crippen LogP contribution in [0.4, 0.5) is 0 Å². The molecule has 23 nitrogen and oxygen atoms in total. The van der Waals surface area contributed by atoms with E-state index in [1.807, 2.05) is 0 Å². The van der Waals surface area contributed by atoms with E-state index in [2.05, 4.69) is 24.5 Å². The van der Waals surface area contributed by atoms with E-state index in [1.165, 1.54) is 218 Å². The van der Waals surface area contributed by atoms with Gasteiger partial charge in [-0.2, -0.15) is 0 Å². The molecule has 3 heterocycles. The van der Waals surface area contributed by atoms with Crippen molar-refractivity contribution in [2.75, 3.05) is 26.4 Å². The van der Waals surface area contributed by atoms with Crippen molar-refractivity contribution in [3.63, 3.8) is 0 Å². The molecule has 0 aromatic heterocycles. The number of rotatable bonds is 61. The zero-order valence-electron chi connectivity index (χ0n) is 60.2. The van der Waals surface area contributed by atoms with Crippen molar-refractivity contribution < 1.29 is 104 Å². The van der Waals surface area contributed by atoms with Crippen molar-refractivity contribution in [1.29, 1.82) is 0 Å². The number of carboxylic acids is 1. The molecule has 3 aliphatic rings. The Balaban J connectivity index is 1.50. The number of aliphatic hydroxyl groups is 11. The van der Waals surface area contributed by atoms with Crippen molar-refractivity contribution in [3.8, 4) is 0 Å². The maximum absolute atomic E-state index is 13.5. The van der Waals surface area contributed by atoms with Crippen LogP contribution < -0.4 is 10.6 Å². The molecule has 3 saturated heterocycles. The zero-order valence-corrected chi connectivity index (χ0v) is 60.2. The van der Waals surface area contributed by atoms with Crippen molar-refractivity contribution in [2.24, 2.45) is 0 Å². The monoisotopic (exact) mass is 1390 g/mol. The van der Waals surface area contributed by atoms with Crippen LogP contribution in [0.3, 0.4) is 0 Å². The second-order valence-corrected chi connectivity index (χ2v) is 28.6. The number of unbranched alkanes of at least 4 members (excludes halogenated alkanes) is 41. The molecule has 0 spiro atoms. The summed E-state index contributed by atoms with van der Waals surface area (Å²) in [6.45, 7) is 2.25. The first-order chi connectivity index (χ1) is 46.9. The fraction of sp³-hybridized carbons (Fsp3) is 0.959. The molecule has 3 rings (SSSR count). The number of nitrogens with one attached hydrogen (secondary N) is 2. The smallest absolute Gasteiger partial charge is 0.364 e. The summed E-state index contributed by atoms with van der Waals surface area (Å²) in [4.78, 5) is 38.6. The van der Waals surface area contributed by atoms with E-state index in [4.69, 9.17) is 28.4 Å². The molecule has 0 saturated carbocycles. The average Bonchev–Trinajstić information content (AvgIpc) is 0.757. The molecule has 3 aliphatic heterocycles. The van der Waals surface area contributed by atoms with E-state index >= 15 is 0 Å². The molecule has 0 radical (unpaired) electrons. The first-order valence-electron chi connectivity index (χ1n) is 38.9. The summed E-state index contributed by atoms with van der Waals surface area (Å²) in [6, 6.07) is -2.52. The highest BCUT2D eigenvalue weighted by atomic mass is 16.8. The third kappa shape index (κ3) is 35.7. The summed E-state index contributed by atoms with van der Waals surface area (Å²) >= 11 is 0. The summed E-state index contributed by atoms with van der Waals surface area (Å²) < 4.78 is 34.9. The van der Waals surface area contributed by atoms with E-state index in [0.29, 0.717) is 19.3 Å². The van der Waals surface area contributed by atoms with Gasteiger partial charge in [-0.05, 0) is 12.8 Å². The second kappa shape index (κ2) is 54.4. The number of amides is 2. The fourth-order valence-electron chi connectivity index (χ4n) is 13.9. The van der Waals surface area contributed by atoms with Gasteiger partial charge in [-0.15, -0.1) is 0 Å². The number of carboxylic acid groups (broad SMARTS) is 1. The lowest BCUT2D eigenvalue weighted by molar-refractivity contribution is -0.386. The minimum Gasteiger partial charge on any atom is -0.477 e. The van der Waals surface area contributed by atoms with Crippen LogP contribution in [0.5, 0.6) is 0 Å². The average molecular weight is 1390 g/mol. The SMILES string of the molecule is CCCCCCCCCCCCCCCCCCCCCCCCCCCCCCC(=O)NC(COC1OC(CO)C(OC2OC(CO)C(O)C(OC3(C(=O)O)CC(O)C(NC(C)=O)C(C(O)C(O)CO)O3)C2O)C(O)C1O)C(O)CCCCCCCCCCCCCCCCC. The van der Waals surface area contributed by atoms with Gasteiger partial charge in [0.25, 0.3) is 5.79 Å². The highest BCUT2D eigenvalue weighted by Crippen LogP contribution is 2.39. The first kappa shape index (κ1) is 88.9. The van der Waals surface area contributed by atoms with Gasteiger partial charge in [-0.1, -0.05) is 284 Å². The number of carbonyl (C=O) groups excluding carboxylic acids is 2. The Bertz CT molecular complexity index is 1950. The van der Waals surface area contributed by atoms with Gasteiger partial charge < -0.3 is 100 Å². The van der Waals surface area contributed by atoms with E-state index in [1.54, 1.807) is 0 Å². The molecule has 3 fully saturated rings. The Labute approximate surface area is 582 Å². The number of hydrogen-bond acceptors (Lipinski definition) is 20. The topological polar surface area (TPSA) is 373 Å². The Morgan fingerprint density at radius 1 is 0.495 bits per heavy atom. The molecule has 97 heavy (non-hydrogen) atoms. The predicted octanol–water partition coefficient (Wildman–Crippen LogP) is 9.24. The maximum Gasteiger partial charge on any atom is 0.364 e. The van der Waals surface area contributed by atoms with Gasteiger partial charge in [-0.25, -0.2) is 4.79 Å². The Kier molecular flexibility index (Phi) is 49.9. The van der Waals surface area contributed by atoms with Gasteiger partial charge in [0.15, 0.2) is 12.6 Å². The number of ether oxygens (including phenoxy) is 6. The Hall–Kier alpha value is -2.27. The molecule has 0 bridgehead atoms. The zero-order chi connectivity index (χ0) is 71.1. The number of aliphatic carboxylic acids is 1. The lowest BCUT2D eigenvalue weighted by Gasteiger charge is -2.50. The van der Waals surface area contributed by atoms with E-state index in [9.17, 15) is 75.7 Å². The van der Waals surface area contributed by atoms with Crippen molar-refractivity contribution in [1.82, 2.24) is 10.6 Å². The molecule has 572 valence electrons. The number of aliphatic hydroxyl groups excluding tert-OH is 11. The highest BCUT2D eigenvalue weighted by molar-refractivity contribution is 5.77. The molecule has 2 amide bonds. The highest BCUT2D eigenvalue weighted by Gasteiger charge is 2.60. The summed E-state index contributed by atoms with van der Waals surface area (Å²) in [6.07, 6.45) is 25.4. The first-order valence-corrected chi connectivity index (χ1v) is 38.9. The fourth-order valence-corrected chi connectivity index (χ4v) is 13.9.